The Labute approximate surface area is 145 Å². The lowest BCUT2D eigenvalue weighted by atomic mass is 10.0. The Morgan fingerprint density at radius 1 is 1.16 bits per heavy atom. The van der Waals surface area contributed by atoms with Crippen molar-refractivity contribution in [1.82, 2.24) is 0 Å². The molecular formula is C20H18N2O3. The molecule has 0 aromatic heterocycles. The van der Waals surface area contributed by atoms with Gasteiger partial charge in [0.05, 0.1) is 18.5 Å². The number of carbonyl (C=O) groups excluding carboxylic acids is 1. The summed E-state index contributed by atoms with van der Waals surface area (Å²) in [5.41, 5.74) is 1.74. The van der Waals surface area contributed by atoms with Gasteiger partial charge in [0.25, 0.3) is 0 Å². The second kappa shape index (κ2) is 7.05. The van der Waals surface area contributed by atoms with E-state index < -0.39 is 0 Å². The van der Waals surface area contributed by atoms with Crippen molar-refractivity contribution in [2.45, 2.75) is 6.92 Å². The molecule has 0 bridgehead atoms. The maximum atomic E-state index is 11.4. The molecule has 0 saturated carbocycles. The Bertz CT molecular complexity index is 964. The third kappa shape index (κ3) is 3.61. The second-order valence-corrected chi connectivity index (χ2v) is 5.54. The number of hydrogen-bond acceptors (Lipinski definition) is 4. The van der Waals surface area contributed by atoms with Crippen LogP contribution in [0.3, 0.4) is 0 Å². The molecule has 0 aliphatic rings. The van der Waals surface area contributed by atoms with Gasteiger partial charge in [0.1, 0.15) is 11.5 Å². The van der Waals surface area contributed by atoms with Crippen LogP contribution in [0, 0.1) is 0 Å². The van der Waals surface area contributed by atoms with Crippen LogP contribution in [0.2, 0.25) is 0 Å². The Balaban J connectivity index is 2.08. The Hall–Kier alpha value is -3.34. The molecule has 0 heterocycles. The molecule has 2 N–H and O–H groups in total. The summed E-state index contributed by atoms with van der Waals surface area (Å²) in [4.78, 5) is 15.9. The number of anilines is 1. The van der Waals surface area contributed by atoms with Gasteiger partial charge in [-0.15, -0.1) is 0 Å². The van der Waals surface area contributed by atoms with Crippen LogP contribution in [0.25, 0.3) is 10.8 Å². The fourth-order valence-corrected chi connectivity index (χ4v) is 2.59. The minimum absolute atomic E-state index is 0.145. The number of carbonyl (C=O) groups is 1. The number of nitrogens with zero attached hydrogens (tertiary/aromatic N) is 1. The fraction of sp³-hybridized carbons (Fsp3) is 0.100. The average molecular weight is 334 g/mol. The number of aliphatic imine (C=N–C) groups is 1. The summed E-state index contributed by atoms with van der Waals surface area (Å²) >= 11 is 0. The highest BCUT2D eigenvalue weighted by molar-refractivity contribution is 6.03. The number of nitrogens with one attached hydrogen (secondary N) is 1. The van der Waals surface area contributed by atoms with Gasteiger partial charge in [0.2, 0.25) is 5.91 Å². The molecule has 0 saturated heterocycles. The van der Waals surface area contributed by atoms with Crippen LogP contribution < -0.4 is 10.1 Å². The number of aromatic hydroxyl groups is 1. The first-order chi connectivity index (χ1) is 12.1. The Kier molecular flexibility index (Phi) is 4.66. The summed E-state index contributed by atoms with van der Waals surface area (Å²) < 4.78 is 5.22. The first-order valence-electron chi connectivity index (χ1n) is 7.79. The van der Waals surface area contributed by atoms with Gasteiger partial charge < -0.3 is 15.2 Å². The van der Waals surface area contributed by atoms with Crippen molar-refractivity contribution in [3.05, 3.63) is 60.2 Å². The van der Waals surface area contributed by atoms with Gasteiger partial charge in [0, 0.05) is 24.8 Å². The molecule has 3 rings (SSSR count). The number of hydrogen-bond donors (Lipinski definition) is 2. The number of ether oxygens (including phenoxy) is 1. The van der Waals surface area contributed by atoms with E-state index in [2.05, 4.69) is 10.3 Å². The third-order valence-corrected chi connectivity index (χ3v) is 3.80. The van der Waals surface area contributed by atoms with Gasteiger partial charge >= 0.3 is 0 Å². The van der Waals surface area contributed by atoms with Gasteiger partial charge in [-0.2, -0.15) is 0 Å². The number of phenols is 1. The summed E-state index contributed by atoms with van der Waals surface area (Å²) in [6.07, 6.45) is 1.59. The third-order valence-electron chi connectivity index (χ3n) is 3.80. The van der Waals surface area contributed by atoms with Crippen molar-refractivity contribution in [3.63, 3.8) is 0 Å². The predicted octanol–water partition coefficient (Wildman–Crippen LogP) is 4.26. The van der Waals surface area contributed by atoms with Gasteiger partial charge in [-0.05, 0) is 29.0 Å². The van der Waals surface area contributed by atoms with Crippen LogP contribution in [0.5, 0.6) is 11.5 Å². The van der Waals surface area contributed by atoms with Crippen LogP contribution in [0.1, 0.15) is 12.5 Å². The Morgan fingerprint density at radius 3 is 2.72 bits per heavy atom. The number of benzene rings is 3. The zero-order valence-electron chi connectivity index (χ0n) is 14.0. The van der Waals surface area contributed by atoms with E-state index >= 15 is 0 Å². The van der Waals surface area contributed by atoms with Crippen LogP contribution in [0.15, 0.2) is 59.6 Å². The van der Waals surface area contributed by atoms with Crippen molar-refractivity contribution in [3.8, 4) is 11.5 Å². The maximum absolute atomic E-state index is 11.4. The molecule has 5 heteroatoms. The van der Waals surface area contributed by atoms with Crippen LogP contribution in [0.4, 0.5) is 11.4 Å². The monoisotopic (exact) mass is 334 g/mol. The van der Waals surface area contributed by atoms with Gasteiger partial charge in [-0.1, -0.05) is 30.3 Å². The highest BCUT2D eigenvalue weighted by Crippen LogP contribution is 2.31. The smallest absolute Gasteiger partial charge is 0.221 e. The van der Waals surface area contributed by atoms with Crippen LogP contribution in [-0.4, -0.2) is 24.3 Å². The molecule has 1 amide bonds. The van der Waals surface area contributed by atoms with E-state index in [4.69, 9.17) is 4.74 Å². The maximum Gasteiger partial charge on any atom is 0.221 e. The second-order valence-electron chi connectivity index (χ2n) is 5.54. The number of phenolic OH excluding ortho intramolecular Hbond substituents is 1. The minimum Gasteiger partial charge on any atom is -0.507 e. The summed E-state index contributed by atoms with van der Waals surface area (Å²) in [5, 5.41) is 14.9. The molecule has 3 aromatic carbocycles. The molecule has 0 atom stereocenters. The lowest BCUT2D eigenvalue weighted by Crippen LogP contribution is -2.05. The predicted molar refractivity (Wildman–Crippen MR) is 100 cm³/mol. The molecule has 0 aliphatic carbocycles. The molecular weight excluding hydrogens is 316 g/mol. The van der Waals surface area contributed by atoms with Crippen molar-refractivity contribution in [2.75, 3.05) is 12.4 Å². The normalized spacial score (nSPS) is 11.0. The molecule has 0 aliphatic heterocycles. The molecule has 126 valence electrons. The molecule has 25 heavy (non-hydrogen) atoms. The van der Waals surface area contributed by atoms with Crippen LogP contribution >= 0.6 is 0 Å². The molecule has 5 nitrogen and oxygen atoms in total. The largest absolute Gasteiger partial charge is 0.507 e. The van der Waals surface area contributed by atoms with Crippen molar-refractivity contribution >= 4 is 34.3 Å². The number of fused-ring (bicyclic) bond motifs is 1. The van der Waals surface area contributed by atoms with Gasteiger partial charge in [-0.25, -0.2) is 0 Å². The molecule has 0 spiro atoms. The first kappa shape index (κ1) is 16.5. The topological polar surface area (TPSA) is 70.9 Å². The number of rotatable bonds is 4. The summed E-state index contributed by atoms with van der Waals surface area (Å²) in [6.45, 7) is 1.44. The van der Waals surface area contributed by atoms with Crippen molar-refractivity contribution < 1.29 is 14.6 Å². The minimum atomic E-state index is -0.186. The lowest BCUT2D eigenvalue weighted by Gasteiger charge is -2.09. The van der Waals surface area contributed by atoms with Gasteiger partial charge in [-0.3, -0.25) is 9.79 Å². The molecule has 0 unspecified atom stereocenters. The van der Waals surface area contributed by atoms with E-state index in [1.165, 1.54) is 6.92 Å². The van der Waals surface area contributed by atoms with E-state index in [9.17, 15) is 9.90 Å². The summed E-state index contributed by atoms with van der Waals surface area (Å²) in [7, 11) is 1.57. The summed E-state index contributed by atoms with van der Waals surface area (Å²) in [5.74, 6) is 0.587. The summed E-state index contributed by atoms with van der Waals surface area (Å²) in [6, 6.07) is 16.5. The van der Waals surface area contributed by atoms with E-state index in [0.717, 1.165) is 10.8 Å². The van der Waals surface area contributed by atoms with Gasteiger partial charge in [0.15, 0.2) is 0 Å². The highest BCUT2D eigenvalue weighted by atomic mass is 16.5. The van der Waals surface area contributed by atoms with E-state index in [0.29, 0.717) is 22.7 Å². The lowest BCUT2D eigenvalue weighted by molar-refractivity contribution is -0.114. The molecule has 0 radical (unpaired) electrons. The van der Waals surface area contributed by atoms with Crippen molar-refractivity contribution in [1.29, 1.82) is 0 Å². The van der Waals surface area contributed by atoms with Crippen molar-refractivity contribution in [2.24, 2.45) is 4.99 Å². The SMILES string of the molecule is COc1ccc(NC(C)=O)c(N=Cc2c(O)ccc3ccccc23)c1. The average Bonchev–Trinajstić information content (AvgIpc) is 2.61. The van der Waals surface area contributed by atoms with E-state index in [1.54, 1.807) is 37.6 Å². The van der Waals surface area contributed by atoms with E-state index in [-0.39, 0.29) is 11.7 Å². The quantitative estimate of drug-likeness (QED) is 0.700. The Morgan fingerprint density at radius 2 is 1.96 bits per heavy atom. The zero-order valence-corrected chi connectivity index (χ0v) is 14.0. The molecule has 0 fully saturated rings. The standard InChI is InChI=1S/C20H18N2O3/c1-13(23)22-18-9-8-15(25-2)11-19(18)21-12-17-16-6-4-3-5-14(16)7-10-20(17)24/h3-12,24H,1-2H3,(H,22,23). The zero-order chi connectivity index (χ0) is 17.8. The fourth-order valence-electron chi connectivity index (χ4n) is 2.59. The van der Waals surface area contributed by atoms with E-state index in [1.807, 2.05) is 30.3 Å². The first-order valence-corrected chi connectivity index (χ1v) is 7.79. The van der Waals surface area contributed by atoms with Crippen LogP contribution in [-0.2, 0) is 4.79 Å². The number of methoxy groups -OCH3 is 1. The molecule has 3 aromatic rings. The number of amides is 1. The highest BCUT2D eigenvalue weighted by Gasteiger charge is 2.07.